The topological polar surface area (TPSA) is 103 Å². The molecule has 4 rings (SSSR count). The number of hydrogen-bond donors (Lipinski definition) is 0. The molecule has 0 saturated heterocycles. The van der Waals surface area contributed by atoms with Gasteiger partial charge in [-0.2, -0.15) is 0 Å². The third kappa shape index (κ3) is 3.39. The molecule has 0 N–H and O–H groups in total. The van der Waals surface area contributed by atoms with Crippen LogP contribution in [-0.4, -0.2) is 39.4 Å². The SMILES string of the molecule is C=CCN1C(=O)c2ccc(C(=O)O[C@@H](C)c3nnc(-c4ccccc4)o3)cc2C1=O. The lowest BCUT2D eigenvalue weighted by Gasteiger charge is -2.10. The minimum absolute atomic E-state index is 0.101. The van der Waals surface area contributed by atoms with E-state index in [1.54, 1.807) is 6.92 Å². The summed E-state index contributed by atoms with van der Waals surface area (Å²) in [5.74, 6) is -1.10. The first-order valence-corrected chi connectivity index (χ1v) is 9.20. The van der Waals surface area contributed by atoms with Crippen LogP contribution in [0.4, 0.5) is 0 Å². The van der Waals surface area contributed by atoms with E-state index in [2.05, 4.69) is 16.8 Å². The van der Waals surface area contributed by atoms with Crippen molar-refractivity contribution in [1.82, 2.24) is 15.1 Å². The fraction of sp³-hybridized carbons (Fsp3) is 0.136. The number of nitrogens with zero attached hydrogens (tertiary/aromatic N) is 3. The molecular formula is C22H17N3O5. The highest BCUT2D eigenvalue weighted by atomic mass is 16.6. The highest BCUT2D eigenvalue weighted by molar-refractivity contribution is 6.22. The second-order valence-corrected chi connectivity index (χ2v) is 6.63. The molecule has 150 valence electrons. The van der Waals surface area contributed by atoms with E-state index in [0.717, 1.165) is 10.5 Å². The van der Waals surface area contributed by atoms with Gasteiger partial charge in [0, 0.05) is 12.1 Å². The first-order chi connectivity index (χ1) is 14.5. The van der Waals surface area contributed by atoms with Gasteiger partial charge in [0.2, 0.25) is 5.89 Å². The Bertz CT molecular complexity index is 1150. The standard InChI is InChI=1S/C22H17N3O5/c1-3-11-25-20(26)16-10-9-15(12-17(16)21(25)27)22(28)29-13(2)18-23-24-19(30-18)14-7-5-4-6-8-14/h3-10,12-13H,1,11H2,2H3/t13-/m0/s1. The van der Waals surface area contributed by atoms with Crippen LogP contribution in [0.3, 0.4) is 0 Å². The van der Waals surface area contributed by atoms with Crippen LogP contribution in [0.15, 0.2) is 65.6 Å². The Kier molecular flexibility index (Phi) is 4.97. The smallest absolute Gasteiger partial charge is 0.338 e. The number of amides is 2. The molecule has 1 atom stereocenters. The zero-order chi connectivity index (χ0) is 21.3. The van der Waals surface area contributed by atoms with Gasteiger partial charge in [0.1, 0.15) is 0 Å². The second-order valence-electron chi connectivity index (χ2n) is 6.63. The number of hydrogen-bond acceptors (Lipinski definition) is 7. The van der Waals surface area contributed by atoms with Gasteiger partial charge in [-0.3, -0.25) is 14.5 Å². The van der Waals surface area contributed by atoms with E-state index in [4.69, 9.17) is 9.15 Å². The van der Waals surface area contributed by atoms with Gasteiger partial charge in [-0.15, -0.1) is 16.8 Å². The van der Waals surface area contributed by atoms with Crippen LogP contribution < -0.4 is 0 Å². The molecule has 0 bridgehead atoms. The predicted octanol–water partition coefficient (Wildman–Crippen LogP) is 3.44. The molecule has 0 saturated carbocycles. The first-order valence-electron chi connectivity index (χ1n) is 9.20. The van der Waals surface area contributed by atoms with Crippen molar-refractivity contribution in [2.24, 2.45) is 0 Å². The number of esters is 1. The predicted molar refractivity (Wildman–Crippen MR) is 106 cm³/mol. The van der Waals surface area contributed by atoms with Crippen LogP contribution in [0.25, 0.3) is 11.5 Å². The third-order valence-corrected chi connectivity index (χ3v) is 4.61. The molecule has 1 aliphatic rings. The van der Waals surface area contributed by atoms with Crippen LogP contribution in [0.1, 0.15) is 50.0 Å². The molecular weight excluding hydrogens is 386 g/mol. The summed E-state index contributed by atoms with van der Waals surface area (Å²) >= 11 is 0. The largest absolute Gasteiger partial charge is 0.449 e. The average Bonchev–Trinajstić information content (AvgIpc) is 3.35. The van der Waals surface area contributed by atoms with E-state index < -0.39 is 23.9 Å². The summed E-state index contributed by atoms with van der Waals surface area (Å²) < 4.78 is 11.0. The zero-order valence-electron chi connectivity index (χ0n) is 16.1. The molecule has 0 aliphatic carbocycles. The Morgan fingerprint density at radius 1 is 1.13 bits per heavy atom. The van der Waals surface area contributed by atoms with Gasteiger partial charge in [-0.1, -0.05) is 24.3 Å². The number of ether oxygens (including phenoxy) is 1. The van der Waals surface area contributed by atoms with Crippen molar-refractivity contribution in [2.75, 3.05) is 6.54 Å². The molecule has 30 heavy (non-hydrogen) atoms. The average molecular weight is 403 g/mol. The van der Waals surface area contributed by atoms with Crippen molar-refractivity contribution in [2.45, 2.75) is 13.0 Å². The van der Waals surface area contributed by atoms with Gasteiger partial charge in [-0.05, 0) is 37.3 Å². The fourth-order valence-corrected chi connectivity index (χ4v) is 3.09. The Morgan fingerprint density at radius 2 is 1.87 bits per heavy atom. The van der Waals surface area contributed by atoms with Gasteiger partial charge in [-0.25, -0.2) is 4.79 Å². The molecule has 2 amide bonds. The second kappa shape index (κ2) is 7.75. The van der Waals surface area contributed by atoms with E-state index in [1.807, 2.05) is 30.3 Å². The van der Waals surface area contributed by atoms with Gasteiger partial charge in [0.15, 0.2) is 6.10 Å². The summed E-state index contributed by atoms with van der Waals surface area (Å²) in [6, 6.07) is 13.5. The van der Waals surface area contributed by atoms with Crippen molar-refractivity contribution in [3.63, 3.8) is 0 Å². The van der Waals surface area contributed by atoms with E-state index in [0.29, 0.717) is 5.89 Å². The van der Waals surface area contributed by atoms with E-state index in [1.165, 1.54) is 24.3 Å². The maximum atomic E-state index is 12.6. The van der Waals surface area contributed by atoms with Gasteiger partial charge < -0.3 is 9.15 Å². The van der Waals surface area contributed by atoms with Crippen molar-refractivity contribution in [1.29, 1.82) is 0 Å². The molecule has 8 heteroatoms. The van der Waals surface area contributed by atoms with Crippen molar-refractivity contribution in [3.8, 4) is 11.5 Å². The van der Waals surface area contributed by atoms with Gasteiger partial charge in [0.05, 0.1) is 16.7 Å². The van der Waals surface area contributed by atoms with Crippen LogP contribution in [0, 0.1) is 0 Å². The molecule has 1 aliphatic heterocycles. The minimum Gasteiger partial charge on any atom is -0.449 e. The molecule has 1 aromatic heterocycles. The van der Waals surface area contributed by atoms with E-state index in [-0.39, 0.29) is 29.1 Å². The summed E-state index contributed by atoms with van der Waals surface area (Å²) in [7, 11) is 0. The summed E-state index contributed by atoms with van der Waals surface area (Å²) in [6.45, 7) is 5.25. The van der Waals surface area contributed by atoms with Crippen molar-refractivity contribution >= 4 is 17.8 Å². The highest BCUT2D eigenvalue weighted by Gasteiger charge is 2.35. The Morgan fingerprint density at radius 3 is 2.60 bits per heavy atom. The molecule has 3 aromatic rings. The molecule has 8 nitrogen and oxygen atoms in total. The van der Waals surface area contributed by atoms with Crippen molar-refractivity contribution in [3.05, 3.63) is 83.8 Å². The zero-order valence-corrected chi connectivity index (χ0v) is 16.1. The van der Waals surface area contributed by atoms with Crippen LogP contribution in [0.5, 0.6) is 0 Å². The number of rotatable bonds is 6. The number of fused-ring (bicyclic) bond motifs is 1. The molecule has 2 aromatic carbocycles. The quantitative estimate of drug-likeness (QED) is 0.353. The molecule has 2 heterocycles. The van der Waals surface area contributed by atoms with Gasteiger partial charge >= 0.3 is 5.97 Å². The lowest BCUT2D eigenvalue weighted by atomic mass is 10.1. The van der Waals surface area contributed by atoms with E-state index in [9.17, 15) is 14.4 Å². The van der Waals surface area contributed by atoms with Crippen LogP contribution in [-0.2, 0) is 4.74 Å². The highest BCUT2D eigenvalue weighted by Crippen LogP contribution is 2.26. The lowest BCUT2D eigenvalue weighted by Crippen LogP contribution is -2.29. The fourth-order valence-electron chi connectivity index (χ4n) is 3.09. The normalized spacial score (nSPS) is 13.8. The minimum atomic E-state index is -0.801. The number of aromatic nitrogens is 2. The maximum absolute atomic E-state index is 12.6. The van der Waals surface area contributed by atoms with Crippen molar-refractivity contribution < 1.29 is 23.5 Å². The molecule has 0 unspecified atom stereocenters. The summed E-state index contributed by atoms with van der Waals surface area (Å²) in [5, 5.41) is 7.92. The first kappa shape index (κ1) is 19.3. The summed E-state index contributed by atoms with van der Waals surface area (Å²) in [6.07, 6.45) is 0.664. The van der Waals surface area contributed by atoms with Gasteiger partial charge in [0.25, 0.3) is 17.7 Å². The Labute approximate surface area is 171 Å². The number of carbonyl (C=O) groups is 3. The number of imide groups is 1. The third-order valence-electron chi connectivity index (χ3n) is 4.61. The van der Waals surface area contributed by atoms with Crippen LogP contribution >= 0.6 is 0 Å². The lowest BCUT2D eigenvalue weighted by molar-refractivity contribution is 0.0279. The monoisotopic (exact) mass is 403 g/mol. The van der Waals surface area contributed by atoms with Crippen LogP contribution in [0.2, 0.25) is 0 Å². The summed E-state index contributed by atoms with van der Waals surface area (Å²) in [4.78, 5) is 38.3. The molecule has 0 spiro atoms. The molecule has 0 fully saturated rings. The maximum Gasteiger partial charge on any atom is 0.338 e. The Hall–Kier alpha value is -4.07. The number of carbonyl (C=O) groups excluding carboxylic acids is 3. The Balaban J connectivity index is 1.50. The summed E-state index contributed by atoms with van der Waals surface area (Å²) in [5.41, 5.74) is 1.30. The molecule has 0 radical (unpaired) electrons. The number of benzene rings is 2. The van der Waals surface area contributed by atoms with E-state index >= 15 is 0 Å².